The van der Waals surface area contributed by atoms with Crippen LogP contribution in [0.3, 0.4) is 0 Å². The first kappa shape index (κ1) is 14.0. The lowest BCUT2D eigenvalue weighted by molar-refractivity contribution is 0.444. The second kappa shape index (κ2) is 5.28. The lowest BCUT2D eigenvalue weighted by atomic mass is 10.3. The van der Waals surface area contributed by atoms with Crippen molar-refractivity contribution in [2.45, 2.75) is 24.8 Å². The topological polar surface area (TPSA) is 49.4 Å². The zero-order valence-electron chi connectivity index (χ0n) is 11.0. The van der Waals surface area contributed by atoms with E-state index < -0.39 is 10.0 Å². The Hall–Kier alpha value is -0.430. The molecular weight excluding hydrogens is 268 g/mol. The fraction of sp³-hybridized carbons (Fsp3) is 0.667. The van der Waals surface area contributed by atoms with Crippen LogP contribution in [-0.4, -0.2) is 33.4 Å². The van der Waals surface area contributed by atoms with Crippen molar-refractivity contribution in [3.63, 3.8) is 0 Å². The van der Waals surface area contributed by atoms with E-state index in [1.807, 2.05) is 12.4 Å². The number of hydrogen-bond acceptors (Lipinski definition) is 4. The molecule has 4 nitrogen and oxygen atoms in total. The molecule has 2 unspecified atom stereocenters. The molecule has 0 bridgehead atoms. The van der Waals surface area contributed by atoms with E-state index in [1.165, 1.54) is 15.6 Å². The van der Waals surface area contributed by atoms with Crippen LogP contribution in [0, 0.1) is 11.8 Å². The molecule has 2 atom stereocenters. The van der Waals surface area contributed by atoms with Gasteiger partial charge in [0.15, 0.2) is 0 Å². The molecule has 2 rings (SSSR count). The van der Waals surface area contributed by atoms with E-state index in [0.29, 0.717) is 29.8 Å². The minimum absolute atomic E-state index is 0.456. The number of hydrogen-bond donors (Lipinski definition) is 1. The number of thiophene rings is 1. The molecule has 0 aromatic carbocycles. The van der Waals surface area contributed by atoms with Crippen molar-refractivity contribution in [1.82, 2.24) is 9.62 Å². The van der Waals surface area contributed by atoms with Crippen molar-refractivity contribution >= 4 is 21.4 Å². The molecule has 0 radical (unpaired) electrons. The van der Waals surface area contributed by atoms with Crippen molar-refractivity contribution in [3.05, 3.63) is 16.3 Å². The molecule has 0 spiro atoms. The van der Waals surface area contributed by atoms with Gasteiger partial charge in [0.1, 0.15) is 0 Å². The van der Waals surface area contributed by atoms with Crippen LogP contribution in [-0.2, 0) is 16.6 Å². The summed E-state index contributed by atoms with van der Waals surface area (Å²) in [7, 11) is 0.184. The van der Waals surface area contributed by atoms with Gasteiger partial charge < -0.3 is 5.32 Å². The molecule has 1 heterocycles. The molecule has 0 amide bonds. The summed E-state index contributed by atoms with van der Waals surface area (Å²) in [5, 5.41) is 4.85. The molecule has 1 saturated carbocycles. The Morgan fingerprint density at radius 1 is 1.56 bits per heavy atom. The summed E-state index contributed by atoms with van der Waals surface area (Å²) in [5.41, 5.74) is 0. The van der Waals surface area contributed by atoms with E-state index in [2.05, 4.69) is 12.2 Å². The molecule has 1 fully saturated rings. The van der Waals surface area contributed by atoms with E-state index in [9.17, 15) is 8.42 Å². The first-order chi connectivity index (χ1) is 8.46. The van der Waals surface area contributed by atoms with Gasteiger partial charge >= 0.3 is 0 Å². The molecule has 6 heteroatoms. The minimum atomic E-state index is -3.32. The van der Waals surface area contributed by atoms with Gasteiger partial charge in [-0.1, -0.05) is 6.92 Å². The monoisotopic (exact) mass is 288 g/mol. The molecule has 102 valence electrons. The Labute approximate surface area is 113 Å². The van der Waals surface area contributed by atoms with Gasteiger partial charge in [0.05, 0.1) is 4.90 Å². The van der Waals surface area contributed by atoms with Gasteiger partial charge in [-0.25, -0.2) is 12.7 Å². The molecule has 18 heavy (non-hydrogen) atoms. The average Bonchev–Trinajstić information content (AvgIpc) is 2.79. The van der Waals surface area contributed by atoms with E-state index in [0.717, 1.165) is 11.3 Å². The summed E-state index contributed by atoms with van der Waals surface area (Å²) in [5.74, 6) is 1.21. The van der Waals surface area contributed by atoms with Crippen molar-refractivity contribution in [2.24, 2.45) is 11.8 Å². The third-order valence-electron chi connectivity index (χ3n) is 3.50. The lowest BCUT2D eigenvalue weighted by Crippen LogP contribution is -2.29. The summed E-state index contributed by atoms with van der Waals surface area (Å²) in [4.78, 5) is 1.34. The molecule has 0 saturated heterocycles. The first-order valence-corrected chi connectivity index (χ1v) is 8.46. The second-order valence-electron chi connectivity index (χ2n) is 5.00. The molecule has 1 aromatic rings. The van der Waals surface area contributed by atoms with Crippen molar-refractivity contribution in [1.29, 1.82) is 0 Å². The maximum Gasteiger partial charge on any atom is 0.243 e. The lowest BCUT2D eigenvalue weighted by Gasteiger charge is -2.17. The Balaban J connectivity index is 2.16. The van der Waals surface area contributed by atoms with Crippen LogP contribution >= 0.6 is 11.3 Å². The Morgan fingerprint density at radius 3 is 2.78 bits per heavy atom. The maximum absolute atomic E-state index is 12.5. The van der Waals surface area contributed by atoms with E-state index in [1.54, 1.807) is 13.1 Å². The van der Waals surface area contributed by atoms with Gasteiger partial charge in [-0.15, -0.1) is 11.3 Å². The van der Waals surface area contributed by atoms with Gasteiger partial charge in [0.25, 0.3) is 0 Å². The number of sulfonamides is 1. The highest BCUT2D eigenvalue weighted by molar-refractivity contribution is 7.89. The fourth-order valence-corrected chi connectivity index (χ4v) is 4.75. The normalized spacial score (nSPS) is 23.6. The molecule has 1 aliphatic carbocycles. The molecule has 0 aliphatic heterocycles. The van der Waals surface area contributed by atoms with Crippen LogP contribution in [0.1, 0.15) is 18.2 Å². The van der Waals surface area contributed by atoms with Crippen LogP contribution in [0.25, 0.3) is 0 Å². The minimum Gasteiger partial charge on any atom is -0.315 e. The van der Waals surface area contributed by atoms with Crippen molar-refractivity contribution in [3.8, 4) is 0 Å². The molecule has 1 aliphatic rings. The highest BCUT2D eigenvalue weighted by atomic mass is 32.2. The summed E-state index contributed by atoms with van der Waals surface area (Å²) >= 11 is 1.49. The fourth-order valence-electron chi connectivity index (χ4n) is 2.10. The summed E-state index contributed by atoms with van der Waals surface area (Å²) < 4.78 is 26.4. The van der Waals surface area contributed by atoms with E-state index in [-0.39, 0.29) is 0 Å². The predicted octanol–water partition coefficient (Wildman–Crippen LogP) is 1.74. The zero-order chi connectivity index (χ0) is 13.3. The zero-order valence-corrected chi connectivity index (χ0v) is 12.6. The summed E-state index contributed by atoms with van der Waals surface area (Å²) in [6.45, 7) is 3.40. The molecule has 1 N–H and O–H groups in total. The Kier molecular flexibility index (Phi) is 4.11. The largest absolute Gasteiger partial charge is 0.315 e. The third-order valence-corrected chi connectivity index (χ3v) is 6.46. The second-order valence-corrected chi connectivity index (χ2v) is 8.01. The van der Waals surface area contributed by atoms with E-state index in [4.69, 9.17) is 0 Å². The van der Waals surface area contributed by atoms with Crippen LogP contribution < -0.4 is 5.32 Å². The highest BCUT2D eigenvalue weighted by Crippen LogP contribution is 2.39. The van der Waals surface area contributed by atoms with Gasteiger partial charge in [-0.05, 0) is 36.8 Å². The van der Waals surface area contributed by atoms with Crippen LogP contribution in [0.15, 0.2) is 16.3 Å². The quantitative estimate of drug-likeness (QED) is 0.867. The van der Waals surface area contributed by atoms with Crippen LogP contribution in [0.2, 0.25) is 0 Å². The number of nitrogens with zero attached hydrogens (tertiary/aromatic N) is 1. The SMILES string of the molecule is CNCc1sccc1S(=O)(=O)N(C)CC1CC1C. The molecule has 1 aromatic heterocycles. The van der Waals surface area contributed by atoms with Gasteiger partial charge in [-0.2, -0.15) is 0 Å². The highest BCUT2D eigenvalue weighted by Gasteiger charge is 2.36. The maximum atomic E-state index is 12.5. The van der Waals surface area contributed by atoms with Gasteiger partial charge in [-0.3, -0.25) is 0 Å². The number of nitrogens with one attached hydrogen (secondary N) is 1. The first-order valence-electron chi connectivity index (χ1n) is 6.14. The summed E-state index contributed by atoms with van der Waals surface area (Å²) in [6.07, 6.45) is 1.15. The predicted molar refractivity (Wildman–Crippen MR) is 74.2 cm³/mol. The Bertz CT molecular complexity index is 510. The van der Waals surface area contributed by atoms with Crippen molar-refractivity contribution in [2.75, 3.05) is 20.6 Å². The smallest absolute Gasteiger partial charge is 0.243 e. The number of rotatable bonds is 6. The summed E-state index contributed by atoms with van der Waals surface area (Å²) in [6, 6.07) is 1.71. The Morgan fingerprint density at radius 2 is 2.22 bits per heavy atom. The third kappa shape index (κ3) is 2.77. The van der Waals surface area contributed by atoms with Gasteiger partial charge in [0, 0.05) is 25.0 Å². The molecular formula is C12H20N2O2S2. The van der Waals surface area contributed by atoms with E-state index >= 15 is 0 Å². The average molecular weight is 288 g/mol. The standard InChI is InChI=1S/C12H20N2O2S2/c1-9-6-10(9)8-14(3)18(15,16)12-4-5-17-11(12)7-13-2/h4-5,9-10,13H,6-8H2,1-3H3. The van der Waals surface area contributed by atoms with Gasteiger partial charge in [0.2, 0.25) is 10.0 Å². The van der Waals surface area contributed by atoms with Crippen molar-refractivity contribution < 1.29 is 8.42 Å². The van der Waals surface area contributed by atoms with Crippen LogP contribution in [0.4, 0.5) is 0 Å². The van der Waals surface area contributed by atoms with Crippen LogP contribution in [0.5, 0.6) is 0 Å².